The summed E-state index contributed by atoms with van der Waals surface area (Å²) < 4.78 is 32.4. The fraction of sp³-hybridized carbons (Fsp3) is 0.273. The van der Waals surface area contributed by atoms with Crippen LogP contribution < -0.4 is 10.2 Å². The third-order valence-electron chi connectivity index (χ3n) is 2.08. The summed E-state index contributed by atoms with van der Waals surface area (Å²) in [7, 11) is -0.139. The molecule has 4 nitrogen and oxygen atoms in total. The van der Waals surface area contributed by atoms with Crippen LogP contribution in [-0.4, -0.2) is 30.0 Å². The first kappa shape index (κ1) is 13.8. The van der Waals surface area contributed by atoms with Crippen molar-refractivity contribution in [1.29, 1.82) is 0 Å². The smallest absolute Gasteiger partial charge is 0.290 e. The second kappa shape index (κ2) is 5.88. The van der Waals surface area contributed by atoms with Gasteiger partial charge in [-0.05, 0) is 19.1 Å². The van der Waals surface area contributed by atoms with Crippen molar-refractivity contribution in [1.82, 2.24) is 0 Å². The van der Waals surface area contributed by atoms with E-state index in [1.807, 2.05) is 20.0 Å². The van der Waals surface area contributed by atoms with Gasteiger partial charge in [0.05, 0.1) is 19.1 Å². The summed E-state index contributed by atoms with van der Waals surface area (Å²) in [5, 5.41) is 1.04. The van der Waals surface area contributed by atoms with Gasteiger partial charge >= 0.3 is 0 Å². The van der Waals surface area contributed by atoms with E-state index in [1.54, 1.807) is 20.1 Å². The van der Waals surface area contributed by atoms with E-state index in [1.165, 1.54) is 6.08 Å². The quantitative estimate of drug-likeness (QED) is 0.560. The maximum absolute atomic E-state index is 11.3. The van der Waals surface area contributed by atoms with Crippen LogP contribution in [0.4, 0.5) is 0 Å². The summed E-state index contributed by atoms with van der Waals surface area (Å²) in [6, 6.07) is 5.53. The van der Waals surface area contributed by atoms with Crippen LogP contribution in [0.5, 0.6) is 5.75 Å². The molecule has 0 fully saturated rings. The van der Waals surface area contributed by atoms with Crippen molar-refractivity contribution in [3.8, 4) is 5.75 Å². The molecule has 0 bridgehead atoms. The zero-order valence-corrected chi connectivity index (χ0v) is 11.0. The Bertz CT molecular complexity index is 508. The molecule has 1 rings (SSSR count). The van der Waals surface area contributed by atoms with E-state index in [4.69, 9.17) is 4.74 Å². The van der Waals surface area contributed by atoms with Crippen molar-refractivity contribution >= 4 is 29.5 Å². The Morgan fingerprint density at radius 2 is 2.12 bits per heavy atom. The second-order valence-corrected chi connectivity index (χ2v) is 4.94. The molecule has 92 valence electrons. The highest BCUT2D eigenvalue weighted by molar-refractivity contribution is 7.89. The standard InChI is InChI=1S/C11H15BO4S/c1-3-16-17(13,14)7-6-9-8-10(12)4-5-11(9)15-2/h4-8H,3,12H2,1-2H3/b7-6+. The molecule has 0 N–H and O–H groups in total. The van der Waals surface area contributed by atoms with Gasteiger partial charge in [0, 0.05) is 5.56 Å². The van der Waals surface area contributed by atoms with Gasteiger partial charge in [-0.25, -0.2) is 0 Å². The predicted octanol–water partition coefficient (Wildman–Crippen LogP) is 0.291. The Balaban J connectivity index is 3.02. The number of ether oxygens (including phenoxy) is 1. The second-order valence-electron chi connectivity index (χ2n) is 3.45. The van der Waals surface area contributed by atoms with E-state index in [0.29, 0.717) is 11.3 Å². The summed E-state index contributed by atoms with van der Waals surface area (Å²) in [5.41, 5.74) is 1.73. The first-order chi connectivity index (χ1) is 7.98. The number of benzene rings is 1. The van der Waals surface area contributed by atoms with Crippen molar-refractivity contribution < 1.29 is 17.3 Å². The maximum Gasteiger partial charge on any atom is 0.290 e. The summed E-state index contributed by atoms with van der Waals surface area (Å²) in [6.45, 7) is 1.75. The van der Waals surface area contributed by atoms with E-state index in [2.05, 4.69) is 4.18 Å². The first-order valence-corrected chi connectivity index (χ1v) is 6.68. The average molecular weight is 254 g/mol. The van der Waals surface area contributed by atoms with E-state index in [9.17, 15) is 8.42 Å². The normalized spacial score (nSPS) is 11.9. The van der Waals surface area contributed by atoms with Crippen LogP contribution in [0.25, 0.3) is 6.08 Å². The summed E-state index contributed by atoms with van der Waals surface area (Å²) in [6.07, 6.45) is 1.47. The minimum absolute atomic E-state index is 0.123. The highest BCUT2D eigenvalue weighted by Gasteiger charge is 2.05. The van der Waals surface area contributed by atoms with Crippen LogP contribution in [-0.2, 0) is 14.3 Å². The summed E-state index contributed by atoms with van der Waals surface area (Å²) in [4.78, 5) is 0. The zero-order valence-electron chi connectivity index (χ0n) is 10.1. The maximum atomic E-state index is 11.3. The molecule has 0 saturated heterocycles. The highest BCUT2D eigenvalue weighted by atomic mass is 32.2. The van der Waals surface area contributed by atoms with Gasteiger partial charge in [0.25, 0.3) is 10.1 Å². The van der Waals surface area contributed by atoms with Gasteiger partial charge in [-0.1, -0.05) is 17.6 Å². The SMILES string of the molecule is Bc1ccc(OC)c(/C=C/S(=O)(=O)OCC)c1. The molecule has 0 amide bonds. The van der Waals surface area contributed by atoms with Crippen molar-refractivity contribution in [3.05, 3.63) is 29.2 Å². The number of rotatable bonds is 5. The van der Waals surface area contributed by atoms with Gasteiger partial charge in [0.2, 0.25) is 0 Å². The number of hydrogen-bond donors (Lipinski definition) is 0. The molecule has 0 heterocycles. The lowest BCUT2D eigenvalue weighted by atomic mass is 9.94. The highest BCUT2D eigenvalue weighted by Crippen LogP contribution is 2.18. The predicted molar refractivity (Wildman–Crippen MR) is 70.8 cm³/mol. The lowest BCUT2D eigenvalue weighted by Crippen LogP contribution is -2.03. The summed E-state index contributed by atoms with van der Waals surface area (Å²) in [5.74, 6) is 0.624. The molecule has 0 aliphatic heterocycles. The largest absolute Gasteiger partial charge is 0.496 e. The van der Waals surface area contributed by atoms with Gasteiger partial charge in [-0.15, -0.1) is 0 Å². The van der Waals surface area contributed by atoms with Crippen molar-refractivity contribution in [2.24, 2.45) is 0 Å². The van der Waals surface area contributed by atoms with Crippen LogP contribution in [0.1, 0.15) is 12.5 Å². The van der Waals surface area contributed by atoms with E-state index >= 15 is 0 Å². The van der Waals surface area contributed by atoms with Crippen LogP contribution in [0.3, 0.4) is 0 Å². The molecule has 0 radical (unpaired) electrons. The van der Waals surface area contributed by atoms with Gasteiger partial charge < -0.3 is 4.74 Å². The lowest BCUT2D eigenvalue weighted by molar-refractivity contribution is 0.345. The Labute approximate surface area is 103 Å². The number of hydrogen-bond acceptors (Lipinski definition) is 4. The van der Waals surface area contributed by atoms with Crippen LogP contribution in [0.2, 0.25) is 0 Å². The molecule has 0 saturated carbocycles. The average Bonchev–Trinajstić information content (AvgIpc) is 2.27. The monoisotopic (exact) mass is 254 g/mol. The minimum atomic E-state index is -3.60. The Morgan fingerprint density at radius 1 is 1.41 bits per heavy atom. The van der Waals surface area contributed by atoms with Gasteiger partial charge in [0.15, 0.2) is 0 Å². The Kier molecular flexibility index (Phi) is 4.78. The molecular weight excluding hydrogens is 239 g/mol. The molecule has 17 heavy (non-hydrogen) atoms. The fourth-order valence-electron chi connectivity index (χ4n) is 1.34. The molecule has 0 unspecified atom stereocenters. The van der Waals surface area contributed by atoms with Crippen LogP contribution in [0, 0.1) is 0 Å². The Hall–Kier alpha value is -1.27. The Morgan fingerprint density at radius 3 is 2.71 bits per heavy atom. The molecule has 0 spiro atoms. The molecule has 0 atom stereocenters. The summed E-state index contributed by atoms with van der Waals surface area (Å²) >= 11 is 0. The van der Waals surface area contributed by atoms with Gasteiger partial charge in [-0.2, -0.15) is 8.42 Å². The first-order valence-electron chi connectivity index (χ1n) is 5.20. The van der Waals surface area contributed by atoms with Crippen molar-refractivity contribution in [3.63, 3.8) is 0 Å². The lowest BCUT2D eigenvalue weighted by Gasteiger charge is -2.05. The van der Waals surface area contributed by atoms with Crippen molar-refractivity contribution in [2.45, 2.75) is 6.92 Å². The molecule has 1 aromatic rings. The van der Waals surface area contributed by atoms with Gasteiger partial charge in [-0.3, -0.25) is 4.18 Å². The van der Waals surface area contributed by atoms with Gasteiger partial charge in [0.1, 0.15) is 13.6 Å². The van der Waals surface area contributed by atoms with Crippen LogP contribution >= 0.6 is 0 Å². The zero-order chi connectivity index (χ0) is 12.9. The third-order valence-corrected chi connectivity index (χ3v) is 3.12. The minimum Gasteiger partial charge on any atom is -0.496 e. The number of methoxy groups -OCH3 is 1. The molecule has 0 aliphatic rings. The van der Waals surface area contributed by atoms with Crippen LogP contribution in [0.15, 0.2) is 23.6 Å². The molecular formula is C11H15BO4S. The molecule has 1 aromatic carbocycles. The van der Waals surface area contributed by atoms with E-state index in [-0.39, 0.29) is 6.61 Å². The third kappa shape index (κ3) is 4.24. The van der Waals surface area contributed by atoms with Crippen molar-refractivity contribution in [2.75, 3.05) is 13.7 Å². The fourth-order valence-corrected chi connectivity index (χ4v) is 2.06. The molecule has 0 aromatic heterocycles. The van der Waals surface area contributed by atoms with E-state index < -0.39 is 10.1 Å². The topological polar surface area (TPSA) is 52.6 Å². The molecule has 0 aliphatic carbocycles. The van der Waals surface area contributed by atoms with E-state index in [0.717, 1.165) is 10.9 Å². The molecule has 6 heteroatoms.